The largest absolute Gasteiger partial charge is 0.477 e. The molecule has 17 heavy (non-hydrogen) atoms. The number of carboxylic acid groups (broad SMARTS) is 1. The average molecular weight is 234 g/mol. The fraction of sp³-hybridized carbons (Fsp3) is 0.364. The molecule has 0 saturated heterocycles. The number of aromatic nitrogens is 3. The summed E-state index contributed by atoms with van der Waals surface area (Å²) in [4.78, 5) is 17.2. The number of rotatable bonds is 3. The molecule has 0 fully saturated rings. The summed E-state index contributed by atoms with van der Waals surface area (Å²) >= 11 is 0. The quantitative estimate of drug-likeness (QED) is 0.859. The summed E-state index contributed by atoms with van der Waals surface area (Å²) in [5.41, 5.74) is 1.37. The van der Waals surface area contributed by atoms with Crippen LogP contribution in [0.15, 0.2) is 12.3 Å². The van der Waals surface area contributed by atoms with Crippen LogP contribution in [0.4, 0.5) is 5.82 Å². The first-order chi connectivity index (χ1) is 8.04. The van der Waals surface area contributed by atoms with Gasteiger partial charge in [0.15, 0.2) is 5.65 Å². The lowest BCUT2D eigenvalue weighted by molar-refractivity contribution is 0.0699. The highest BCUT2D eigenvalue weighted by atomic mass is 16.4. The number of fused-ring (bicyclic) bond motifs is 1. The first kappa shape index (κ1) is 11.4. The van der Waals surface area contributed by atoms with Crippen molar-refractivity contribution < 1.29 is 9.90 Å². The van der Waals surface area contributed by atoms with E-state index in [1.54, 1.807) is 4.52 Å². The number of hydrogen-bond donors (Lipinski definition) is 1. The van der Waals surface area contributed by atoms with Crippen molar-refractivity contribution in [2.24, 2.45) is 0 Å². The van der Waals surface area contributed by atoms with Gasteiger partial charge in [-0.05, 0) is 6.42 Å². The highest BCUT2D eigenvalue weighted by molar-refractivity contribution is 5.94. The van der Waals surface area contributed by atoms with Gasteiger partial charge in [-0.25, -0.2) is 9.78 Å². The van der Waals surface area contributed by atoms with Gasteiger partial charge >= 0.3 is 5.97 Å². The van der Waals surface area contributed by atoms with Crippen LogP contribution in [0.3, 0.4) is 0 Å². The summed E-state index contributed by atoms with van der Waals surface area (Å²) < 4.78 is 1.54. The summed E-state index contributed by atoms with van der Waals surface area (Å²) in [5, 5.41) is 13.1. The lowest BCUT2D eigenvalue weighted by Gasteiger charge is -2.14. The first-order valence-electron chi connectivity index (χ1n) is 5.33. The van der Waals surface area contributed by atoms with Crippen LogP contribution in [0, 0.1) is 0 Å². The van der Waals surface area contributed by atoms with Crippen LogP contribution >= 0.6 is 0 Å². The van der Waals surface area contributed by atoms with Crippen molar-refractivity contribution in [1.82, 2.24) is 14.6 Å². The monoisotopic (exact) mass is 234 g/mol. The molecule has 2 aromatic heterocycles. The molecule has 0 aliphatic carbocycles. The van der Waals surface area contributed by atoms with Crippen molar-refractivity contribution in [3.05, 3.63) is 23.5 Å². The van der Waals surface area contributed by atoms with Gasteiger partial charge in [0.2, 0.25) is 0 Å². The van der Waals surface area contributed by atoms with Crippen LogP contribution in [0.2, 0.25) is 0 Å². The van der Waals surface area contributed by atoms with E-state index in [-0.39, 0.29) is 5.56 Å². The highest BCUT2D eigenvalue weighted by Gasteiger charge is 2.16. The van der Waals surface area contributed by atoms with Crippen LogP contribution in [0.5, 0.6) is 0 Å². The zero-order valence-corrected chi connectivity index (χ0v) is 10.0. The number of anilines is 1. The maximum Gasteiger partial charge on any atom is 0.341 e. The molecule has 90 valence electrons. The van der Waals surface area contributed by atoms with Gasteiger partial charge in [0, 0.05) is 25.9 Å². The minimum atomic E-state index is -1.01. The smallest absolute Gasteiger partial charge is 0.341 e. The molecule has 2 aromatic rings. The van der Waals surface area contributed by atoms with Crippen LogP contribution < -0.4 is 4.90 Å². The number of hydrogen-bond acceptors (Lipinski definition) is 4. The van der Waals surface area contributed by atoms with E-state index < -0.39 is 5.97 Å². The molecule has 0 atom stereocenters. The fourth-order valence-electron chi connectivity index (χ4n) is 1.65. The van der Waals surface area contributed by atoms with E-state index in [0.29, 0.717) is 5.65 Å². The van der Waals surface area contributed by atoms with Crippen molar-refractivity contribution in [3.63, 3.8) is 0 Å². The maximum absolute atomic E-state index is 11.0. The second kappa shape index (κ2) is 4.04. The van der Waals surface area contributed by atoms with Crippen LogP contribution in [-0.2, 0) is 6.42 Å². The predicted molar refractivity (Wildman–Crippen MR) is 63.7 cm³/mol. The Morgan fingerprint density at radius 2 is 2.24 bits per heavy atom. The highest BCUT2D eigenvalue weighted by Crippen LogP contribution is 2.18. The molecule has 0 bridgehead atoms. The van der Waals surface area contributed by atoms with Crippen molar-refractivity contribution in [3.8, 4) is 0 Å². The van der Waals surface area contributed by atoms with Gasteiger partial charge in [0.1, 0.15) is 11.4 Å². The molecule has 2 heterocycles. The topological polar surface area (TPSA) is 70.7 Å². The van der Waals surface area contributed by atoms with E-state index in [2.05, 4.69) is 10.1 Å². The number of carbonyl (C=O) groups is 1. The molecular weight excluding hydrogens is 220 g/mol. The molecule has 0 unspecified atom stereocenters. The summed E-state index contributed by atoms with van der Waals surface area (Å²) in [7, 11) is 3.77. The molecule has 2 rings (SSSR count). The standard InChI is InChI=1S/C11H14N4O2/c1-4-7-5-9(14(2)3)15-10(13-7)8(6-12-15)11(16)17/h5-6H,4H2,1-3H3,(H,16,17). The Morgan fingerprint density at radius 1 is 1.53 bits per heavy atom. The molecular formula is C11H14N4O2. The van der Waals surface area contributed by atoms with Crippen molar-refractivity contribution in [1.29, 1.82) is 0 Å². The van der Waals surface area contributed by atoms with Gasteiger partial charge in [0.25, 0.3) is 0 Å². The molecule has 6 nitrogen and oxygen atoms in total. The molecule has 0 aliphatic rings. The van der Waals surface area contributed by atoms with Gasteiger partial charge < -0.3 is 10.0 Å². The lowest BCUT2D eigenvalue weighted by atomic mass is 10.3. The minimum absolute atomic E-state index is 0.128. The molecule has 0 aromatic carbocycles. The third kappa shape index (κ3) is 1.82. The van der Waals surface area contributed by atoms with Crippen molar-refractivity contribution in [2.45, 2.75) is 13.3 Å². The Balaban J connectivity index is 2.78. The summed E-state index contributed by atoms with van der Waals surface area (Å²) in [6.45, 7) is 1.98. The Morgan fingerprint density at radius 3 is 2.76 bits per heavy atom. The van der Waals surface area contributed by atoms with Gasteiger partial charge in [-0.2, -0.15) is 9.61 Å². The Kier molecular flexibility index (Phi) is 2.71. The molecule has 0 spiro atoms. The predicted octanol–water partition coefficient (Wildman–Crippen LogP) is 1.06. The van der Waals surface area contributed by atoms with Crippen molar-refractivity contribution in [2.75, 3.05) is 19.0 Å². The zero-order chi connectivity index (χ0) is 12.6. The number of aryl methyl sites for hydroxylation is 1. The van der Waals surface area contributed by atoms with Crippen molar-refractivity contribution >= 4 is 17.4 Å². The van der Waals surface area contributed by atoms with E-state index in [1.807, 2.05) is 32.0 Å². The van der Waals surface area contributed by atoms with E-state index in [0.717, 1.165) is 17.9 Å². The SMILES string of the molecule is CCc1cc(N(C)C)n2ncc(C(=O)O)c2n1. The molecule has 0 saturated carbocycles. The van der Waals surface area contributed by atoms with E-state index in [4.69, 9.17) is 5.11 Å². The third-order valence-corrected chi connectivity index (χ3v) is 2.56. The summed E-state index contributed by atoms with van der Waals surface area (Å²) in [6.07, 6.45) is 2.08. The normalized spacial score (nSPS) is 10.8. The number of aromatic carboxylic acids is 1. The maximum atomic E-state index is 11.0. The Bertz CT molecular complexity index is 574. The second-order valence-electron chi connectivity index (χ2n) is 3.95. The Labute approximate surface area is 98.5 Å². The van der Waals surface area contributed by atoms with Gasteiger partial charge in [-0.3, -0.25) is 0 Å². The van der Waals surface area contributed by atoms with E-state index in [9.17, 15) is 4.79 Å². The average Bonchev–Trinajstić information content (AvgIpc) is 2.70. The van der Waals surface area contributed by atoms with Crippen LogP contribution in [0.1, 0.15) is 23.0 Å². The third-order valence-electron chi connectivity index (χ3n) is 2.56. The van der Waals surface area contributed by atoms with Gasteiger partial charge in [-0.15, -0.1) is 0 Å². The van der Waals surface area contributed by atoms with Gasteiger partial charge in [0.05, 0.1) is 6.20 Å². The molecule has 0 radical (unpaired) electrons. The molecule has 6 heteroatoms. The Hall–Kier alpha value is -2.11. The lowest BCUT2D eigenvalue weighted by Crippen LogP contribution is -2.15. The molecule has 0 aliphatic heterocycles. The van der Waals surface area contributed by atoms with Crippen LogP contribution in [0.25, 0.3) is 5.65 Å². The minimum Gasteiger partial charge on any atom is -0.477 e. The summed E-state index contributed by atoms with van der Waals surface area (Å²) in [5.74, 6) is -0.190. The zero-order valence-electron chi connectivity index (χ0n) is 10.0. The van der Waals surface area contributed by atoms with Crippen LogP contribution in [-0.4, -0.2) is 39.8 Å². The second-order valence-corrected chi connectivity index (χ2v) is 3.95. The first-order valence-corrected chi connectivity index (χ1v) is 5.33. The number of nitrogens with zero attached hydrogens (tertiary/aromatic N) is 4. The fourth-order valence-corrected chi connectivity index (χ4v) is 1.65. The number of carboxylic acids is 1. The summed E-state index contributed by atoms with van der Waals surface area (Å²) in [6, 6.07) is 1.91. The molecule has 1 N–H and O–H groups in total. The van der Waals surface area contributed by atoms with E-state index >= 15 is 0 Å². The van der Waals surface area contributed by atoms with Gasteiger partial charge in [-0.1, -0.05) is 6.92 Å². The van der Waals surface area contributed by atoms with E-state index in [1.165, 1.54) is 6.20 Å². The molecule has 0 amide bonds.